The molecule has 0 amide bonds. The van der Waals surface area contributed by atoms with E-state index in [4.69, 9.17) is 5.11 Å². The van der Waals surface area contributed by atoms with Crippen LogP contribution in [-0.4, -0.2) is 31.0 Å². The van der Waals surface area contributed by atoms with Gasteiger partial charge in [-0.05, 0) is 12.8 Å². The van der Waals surface area contributed by atoms with E-state index in [9.17, 15) is 13.2 Å². The number of carboxylic acid groups (broad SMARTS) is 1. The minimum absolute atomic E-state index is 0.0216. The highest BCUT2D eigenvalue weighted by Crippen LogP contribution is 2.17. The van der Waals surface area contributed by atoms with Gasteiger partial charge in [0.2, 0.25) is 0 Å². The van der Waals surface area contributed by atoms with E-state index in [-0.39, 0.29) is 17.3 Å². The van der Waals surface area contributed by atoms with Gasteiger partial charge in [-0.25, -0.2) is 14.5 Å². The van der Waals surface area contributed by atoms with Crippen molar-refractivity contribution in [1.29, 1.82) is 0 Å². The molecule has 108 valence electrons. The normalized spacial score (nSPS) is 12.0. The molecule has 1 heterocycles. The highest BCUT2D eigenvalue weighted by molar-refractivity contribution is 7.87. The molecule has 7 nitrogen and oxygen atoms in total. The van der Waals surface area contributed by atoms with Crippen LogP contribution in [0.3, 0.4) is 0 Å². The summed E-state index contributed by atoms with van der Waals surface area (Å²) in [6, 6.07) is 0. The summed E-state index contributed by atoms with van der Waals surface area (Å²) in [5, 5.41) is 9.29. The van der Waals surface area contributed by atoms with E-state index >= 15 is 0 Å². The van der Waals surface area contributed by atoms with Crippen LogP contribution in [0.2, 0.25) is 0 Å². The lowest BCUT2D eigenvalue weighted by molar-refractivity contribution is 0.0701. The summed E-state index contributed by atoms with van der Waals surface area (Å²) in [6.45, 7) is 5.69. The van der Waals surface area contributed by atoms with Gasteiger partial charge < -0.3 is 5.11 Å². The van der Waals surface area contributed by atoms with Crippen LogP contribution in [0.5, 0.6) is 0 Å². The first-order valence-corrected chi connectivity index (χ1v) is 7.95. The van der Waals surface area contributed by atoms with Crippen LogP contribution in [0.1, 0.15) is 34.2 Å². The van der Waals surface area contributed by atoms with Gasteiger partial charge in [0.25, 0.3) is 10.2 Å². The van der Waals surface area contributed by atoms with Crippen molar-refractivity contribution in [2.24, 2.45) is 5.92 Å². The Kier molecular flexibility index (Phi) is 5.41. The Hall–Kier alpha value is -1.03. The third-order valence-corrected chi connectivity index (χ3v) is 4.35. The van der Waals surface area contributed by atoms with E-state index in [2.05, 4.69) is 14.4 Å². The summed E-state index contributed by atoms with van der Waals surface area (Å²) in [6.07, 6.45) is 0. The average molecular weight is 307 g/mol. The second-order valence-corrected chi connectivity index (χ2v) is 7.06. The number of nitrogens with zero attached hydrogens (tertiary/aromatic N) is 1. The maximum absolute atomic E-state index is 11.6. The molecule has 0 bridgehead atoms. The largest absolute Gasteiger partial charge is 0.477 e. The number of carboxylic acids is 1. The fourth-order valence-corrected chi connectivity index (χ4v) is 3.13. The maximum atomic E-state index is 11.6. The summed E-state index contributed by atoms with van der Waals surface area (Å²) in [4.78, 5) is 15.0. The van der Waals surface area contributed by atoms with Crippen LogP contribution in [0.4, 0.5) is 0 Å². The van der Waals surface area contributed by atoms with Crippen LogP contribution in [0.25, 0.3) is 0 Å². The highest BCUT2D eigenvalue weighted by atomic mass is 32.2. The molecular formula is C10H17N3O4S2. The summed E-state index contributed by atoms with van der Waals surface area (Å²) >= 11 is 0.967. The smallest absolute Gasteiger partial charge is 0.347 e. The molecule has 0 aromatic carbocycles. The Morgan fingerprint density at radius 2 is 2.05 bits per heavy atom. The Bertz CT molecular complexity index is 551. The number of rotatable bonds is 7. The zero-order chi connectivity index (χ0) is 14.6. The monoisotopic (exact) mass is 307 g/mol. The summed E-state index contributed by atoms with van der Waals surface area (Å²) in [5.41, 5.74) is 0.391. The number of aromatic carboxylic acids is 1. The van der Waals surface area contributed by atoms with Crippen LogP contribution in [0, 0.1) is 12.8 Å². The number of nitrogens with one attached hydrogen (secondary N) is 2. The average Bonchev–Trinajstić information content (AvgIpc) is 2.66. The lowest BCUT2D eigenvalue weighted by atomic mass is 10.2. The third kappa shape index (κ3) is 5.23. The summed E-state index contributed by atoms with van der Waals surface area (Å²) in [7, 11) is -3.58. The Balaban J connectivity index is 2.62. The molecule has 0 aliphatic heterocycles. The SMILES string of the molecule is Cc1nc(CNS(=O)(=O)NCC(C)C)sc1C(=O)O. The second kappa shape index (κ2) is 6.42. The zero-order valence-electron chi connectivity index (χ0n) is 10.9. The Morgan fingerprint density at radius 3 is 2.53 bits per heavy atom. The van der Waals surface area contributed by atoms with Gasteiger partial charge in [-0.3, -0.25) is 0 Å². The fourth-order valence-electron chi connectivity index (χ4n) is 1.21. The molecule has 0 radical (unpaired) electrons. The lowest BCUT2D eigenvalue weighted by Gasteiger charge is -2.08. The first-order chi connectivity index (χ1) is 8.71. The molecule has 0 unspecified atom stereocenters. The van der Waals surface area contributed by atoms with Gasteiger partial charge in [-0.2, -0.15) is 13.1 Å². The first kappa shape index (κ1) is 16.0. The standard InChI is InChI=1S/C10H17N3O4S2/c1-6(2)4-11-19(16,17)12-5-8-13-7(3)9(18-8)10(14)15/h6,11-12H,4-5H2,1-3H3,(H,14,15). The maximum Gasteiger partial charge on any atom is 0.347 e. The van der Waals surface area contributed by atoms with Crippen molar-refractivity contribution in [2.45, 2.75) is 27.3 Å². The van der Waals surface area contributed by atoms with Crippen molar-refractivity contribution in [3.8, 4) is 0 Å². The minimum Gasteiger partial charge on any atom is -0.477 e. The molecule has 1 rings (SSSR count). The molecule has 1 aromatic heterocycles. The van der Waals surface area contributed by atoms with E-state index in [1.165, 1.54) is 0 Å². The van der Waals surface area contributed by atoms with Crippen LogP contribution >= 0.6 is 11.3 Å². The van der Waals surface area contributed by atoms with Crippen LogP contribution in [-0.2, 0) is 16.8 Å². The van der Waals surface area contributed by atoms with E-state index < -0.39 is 16.2 Å². The molecule has 0 aliphatic carbocycles. The quantitative estimate of drug-likeness (QED) is 0.688. The molecule has 0 saturated carbocycles. The van der Waals surface area contributed by atoms with Crippen LogP contribution < -0.4 is 9.44 Å². The third-order valence-electron chi connectivity index (χ3n) is 2.13. The van der Waals surface area contributed by atoms with Gasteiger partial charge in [-0.15, -0.1) is 11.3 Å². The van der Waals surface area contributed by atoms with Crippen molar-refractivity contribution in [1.82, 2.24) is 14.4 Å². The predicted octanol–water partition coefficient (Wildman–Crippen LogP) is 0.730. The topological polar surface area (TPSA) is 108 Å². The van der Waals surface area contributed by atoms with Gasteiger partial charge in [-0.1, -0.05) is 13.8 Å². The molecule has 0 atom stereocenters. The van der Waals surface area contributed by atoms with Crippen molar-refractivity contribution >= 4 is 27.5 Å². The molecule has 0 fully saturated rings. The molecule has 0 spiro atoms. The predicted molar refractivity (Wildman–Crippen MR) is 72.4 cm³/mol. The first-order valence-electron chi connectivity index (χ1n) is 5.65. The van der Waals surface area contributed by atoms with Crippen molar-refractivity contribution < 1.29 is 18.3 Å². The van der Waals surface area contributed by atoms with Gasteiger partial charge in [0.1, 0.15) is 9.88 Å². The molecule has 1 aromatic rings. The Morgan fingerprint density at radius 1 is 1.42 bits per heavy atom. The number of hydrogen-bond acceptors (Lipinski definition) is 5. The highest BCUT2D eigenvalue weighted by Gasteiger charge is 2.16. The van der Waals surface area contributed by atoms with Gasteiger partial charge >= 0.3 is 5.97 Å². The van der Waals surface area contributed by atoms with Crippen molar-refractivity contribution in [3.05, 3.63) is 15.6 Å². The molecule has 9 heteroatoms. The summed E-state index contributed by atoms with van der Waals surface area (Å²) in [5.74, 6) is -0.848. The zero-order valence-corrected chi connectivity index (χ0v) is 12.6. The number of aryl methyl sites for hydroxylation is 1. The molecule has 0 saturated heterocycles. The van der Waals surface area contributed by atoms with Crippen LogP contribution in [0.15, 0.2) is 0 Å². The second-order valence-electron chi connectivity index (χ2n) is 4.39. The van der Waals surface area contributed by atoms with E-state index in [0.717, 1.165) is 11.3 Å². The van der Waals surface area contributed by atoms with E-state index in [1.54, 1.807) is 6.92 Å². The van der Waals surface area contributed by atoms with E-state index in [1.807, 2.05) is 13.8 Å². The number of hydrogen-bond donors (Lipinski definition) is 3. The molecule has 3 N–H and O–H groups in total. The minimum atomic E-state index is -3.58. The van der Waals surface area contributed by atoms with Gasteiger partial charge in [0.05, 0.1) is 12.2 Å². The molecule has 19 heavy (non-hydrogen) atoms. The number of carbonyl (C=O) groups is 1. The lowest BCUT2D eigenvalue weighted by Crippen LogP contribution is -2.37. The number of aromatic nitrogens is 1. The van der Waals surface area contributed by atoms with E-state index in [0.29, 0.717) is 17.2 Å². The van der Waals surface area contributed by atoms with Gasteiger partial charge in [0, 0.05) is 6.54 Å². The molecular weight excluding hydrogens is 290 g/mol. The van der Waals surface area contributed by atoms with Gasteiger partial charge in [0.15, 0.2) is 0 Å². The summed E-state index contributed by atoms with van der Waals surface area (Å²) < 4.78 is 27.9. The van der Waals surface area contributed by atoms with Crippen molar-refractivity contribution in [2.75, 3.05) is 6.54 Å². The fraction of sp³-hybridized carbons (Fsp3) is 0.600. The Labute approximate surface area is 116 Å². The number of thiazole rings is 1. The van der Waals surface area contributed by atoms with Crippen molar-refractivity contribution in [3.63, 3.8) is 0 Å². The molecule has 0 aliphatic rings.